The number of carbonyl (C=O) groups excluding carboxylic acids is 2. The molecule has 0 bridgehead atoms. The minimum Gasteiger partial charge on any atom is -0.349 e. The van der Waals surface area contributed by atoms with E-state index in [9.17, 15) is 9.59 Å². The van der Waals surface area contributed by atoms with Gasteiger partial charge in [0.25, 0.3) is 5.91 Å². The van der Waals surface area contributed by atoms with E-state index in [2.05, 4.69) is 21.0 Å². The zero-order valence-electron chi connectivity index (χ0n) is 18.3. The van der Waals surface area contributed by atoms with Crippen molar-refractivity contribution in [1.29, 1.82) is 0 Å². The fraction of sp³-hybridized carbons (Fsp3) is 0.333. The predicted molar refractivity (Wildman–Crippen MR) is 123 cm³/mol. The van der Waals surface area contributed by atoms with E-state index in [0.717, 1.165) is 28.2 Å². The van der Waals surface area contributed by atoms with Gasteiger partial charge in [-0.3, -0.25) is 9.59 Å². The van der Waals surface area contributed by atoms with Crippen LogP contribution in [0.25, 0.3) is 0 Å². The molecule has 0 spiro atoms. The summed E-state index contributed by atoms with van der Waals surface area (Å²) in [7, 11) is 0. The van der Waals surface area contributed by atoms with Crippen molar-refractivity contribution in [2.45, 2.75) is 45.7 Å². The number of carbonyl (C=O) groups is 2. The number of nitrogens with zero attached hydrogens (tertiary/aromatic N) is 3. The van der Waals surface area contributed by atoms with Crippen molar-refractivity contribution in [2.24, 2.45) is 0 Å². The van der Waals surface area contributed by atoms with E-state index in [1.807, 2.05) is 76.2 Å². The molecular weight excluding hydrogens is 408 g/mol. The highest BCUT2D eigenvalue weighted by molar-refractivity contribution is 7.03. The summed E-state index contributed by atoms with van der Waals surface area (Å²) in [5.74, 6) is -0.528. The summed E-state index contributed by atoms with van der Waals surface area (Å²) in [6.07, 6.45) is 0.627. The molecule has 2 aromatic carbocycles. The number of nitrogens with one attached hydrogen (secondary N) is 1. The first-order chi connectivity index (χ1) is 14.8. The monoisotopic (exact) mass is 436 g/mol. The van der Waals surface area contributed by atoms with Gasteiger partial charge >= 0.3 is 0 Å². The van der Waals surface area contributed by atoms with Crippen molar-refractivity contribution in [2.75, 3.05) is 6.54 Å². The van der Waals surface area contributed by atoms with Gasteiger partial charge in [0, 0.05) is 17.5 Å². The summed E-state index contributed by atoms with van der Waals surface area (Å²) in [5, 5.41) is 8.62. The largest absolute Gasteiger partial charge is 0.349 e. The second kappa shape index (κ2) is 9.83. The first kappa shape index (κ1) is 22.6. The van der Waals surface area contributed by atoms with Gasteiger partial charge in [0.1, 0.15) is 6.04 Å². The molecule has 1 N–H and O–H groups in total. The lowest BCUT2D eigenvalue weighted by molar-refractivity contribution is -0.127. The van der Waals surface area contributed by atoms with Gasteiger partial charge < -0.3 is 10.2 Å². The molecular formula is C24H28N4O2S. The first-order valence-corrected chi connectivity index (χ1v) is 11.1. The standard InChI is InChI=1S/C24H28N4O2S/c1-17-10-8-9-11-18(17)14-15-28(23(30)20-16-31-27-26-20)21(19-12-6-5-7-13-19)22(29)25-24(2,3)4/h5-13,16,21H,14-15H2,1-4H3,(H,25,29)/t21-/m0/s1. The van der Waals surface area contributed by atoms with E-state index in [4.69, 9.17) is 0 Å². The van der Waals surface area contributed by atoms with Crippen molar-refractivity contribution in [3.63, 3.8) is 0 Å². The Morgan fingerprint density at radius 3 is 2.35 bits per heavy atom. The molecule has 1 aromatic heterocycles. The molecule has 0 fully saturated rings. The van der Waals surface area contributed by atoms with Crippen LogP contribution in [-0.4, -0.2) is 38.4 Å². The molecule has 31 heavy (non-hydrogen) atoms. The number of hydrogen-bond acceptors (Lipinski definition) is 5. The van der Waals surface area contributed by atoms with Crippen LogP contribution in [0.15, 0.2) is 60.0 Å². The van der Waals surface area contributed by atoms with Crippen LogP contribution < -0.4 is 5.32 Å². The fourth-order valence-electron chi connectivity index (χ4n) is 3.43. The molecule has 2 amide bonds. The highest BCUT2D eigenvalue weighted by Crippen LogP contribution is 2.25. The summed E-state index contributed by atoms with van der Waals surface area (Å²) >= 11 is 1.12. The molecule has 3 rings (SSSR count). The normalized spacial score (nSPS) is 12.3. The molecule has 7 heteroatoms. The van der Waals surface area contributed by atoms with Gasteiger partial charge in [-0.25, -0.2) is 0 Å². The van der Waals surface area contributed by atoms with Crippen LogP contribution in [-0.2, 0) is 11.2 Å². The number of amides is 2. The van der Waals surface area contributed by atoms with Crippen molar-refractivity contribution >= 4 is 23.3 Å². The van der Waals surface area contributed by atoms with Gasteiger partial charge in [-0.2, -0.15) is 0 Å². The molecule has 1 atom stereocenters. The fourth-order valence-corrected chi connectivity index (χ4v) is 3.86. The van der Waals surface area contributed by atoms with Gasteiger partial charge in [-0.15, -0.1) is 5.10 Å². The van der Waals surface area contributed by atoms with Crippen molar-refractivity contribution in [3.05, 3.63) is 82.4 Å². The Hall–Kier alpha value is -3.06. The molecule has 0 aliphatic heterocycles. The Labute approximate surface area is 187 Å². The molecule has 1 heterocycles. The molecule has 162 valence electrons. The van der Waals surface area contributed by atoms with Gasteiger partial charge in [-0.05, 0) is 62.3 Å². The Morgan fingerprint density at radius 2 is 1.74 bits per heavy atom. The maximum Gasteiger partial charge on any atom is 0.276 e. The van der Waals surface area contributed by atoms with E-state index in [0.29, 0.717) is 13.0 Å². The van der Waals surface area contributed by atoms with Gasteiger partial charge in [0.2, 0.25) is 5.91 Å². The molecule has 0 saturated carbocycles. The van der Waals surface area contributed by atoms with Gasteiger partial charge in [0.05, 0.1) is 0 Å². The van der Waals surface area contributed by atoms with Crippen LogP contribution >= 0.6 is 11.5 Å². The molecule has 3 aromatic rings. The average Bonchev–Trinajstić information content (AvgIpc) is 3.26. The lowest BCUT2D eigenvalue weighted by atomic mass is 10.00. The Kier molecular flexibility index (Phi) is 7.17. The van der Waals surface area contributed by atoms with Crippen LogP contribution in [0.5, 0.6) is 0 Å². The van der Waals surface area contributed by atoms with E-state index >= 15 is 0 Å². The minimum absolute atomic E-state index is 0.222. The van der Waals surface area contributed by atoms with E-state index in [-0.39, 0.29) is 17.5 Å². The number of hydrogen-bond donors (Lipinski definition) is 1. The topological polar surface area (TPSA) is 75.2 Å². The third kappa shape index (κ3) is 5.98. The Bertz CT molecular complexity index is 1010. The van der Waals surface area contributed by atoms with Crippen LogP contribution in [0.4, 0.5) is 0 Å². The molecule has 0 aliphatic rings. The van der Waals surface area contributed by atoms with Crippen LogP contribution in [0.1, 0.15) is 54.0 Å². The molecule has 0 radical (unpaired) electrons. The summed E-state index contributed by atoms with van der Waals surface area (Å²) in [6, 6.07) is 16.7. The lowest BCUT2D eigenvalue weighted by Gasteiger charge is -2.33. The predicted octanol–water partition coefficient (Wildman–Crippen LogP) is 4.19. The summed E-state index contributed by atoms with van der Waals surface area (Å²) in [5.41, 5.74) is 2.86. The van der Waals surface area contributed by atoms with Crippen molar-refractivity contribution < 1.29 is 9.59 Å². The third-order valence-electron chi connectivity index (χ3n) is 4.90. The summed E-state index contributed by atoms with van der Waals surface area (Å²) in [4.78, 5) is 28.5. The maximum absolute atomic E-state index is 13.4. The molecule has 0 unspecified atom stereocenters. The van der Waals surface area contributed by atoms with E-state index in [1.54, 1.807) is 10.3 Å². The smallest absolute Gasteiger partial charge is 0.276 e. The summed E-state index contributed by atoms with van der Waals surface area (Å²) < 4.78 is 3.84. The van der Waals surface area contributed by atoms with Crippen LogP contribution in [0.2, 0.25) is 0 Å². The highest BCUT2D eigenvalue weighted by Gasteiger charge is 2.34. The van der Waals surface area contributed by atoms with Gasteiger partial charge in [-0.1, -0.05) is 59.1 Å². The van der Waals surface area contributed by atoms with E-state index < -0.39 is 11.6 Å². The second-order valence-electron chi connectivity index (χ2n) is 8.52. The number of benzene rings is 2. The van der Waals surface area contributed by atoms with Crippen molar-refractivity contribution in [3.8, 4) is 0 Å². The van der Waals surface area contributed by atoms with Crippen LogP contribution in [0.3, 0.4) is 0 Å². The minimum atomic E-state index is -0.779. The highest BCUT2D eigenvalue weighted by atomic mass is 32.1. The van der Waals surface area contributed by atoms with Gasteiger partial charge in [0.15, 0.2) is 5.69 Å². The Balaban J connectivity index is 2.00. The number of aromatic nitrogens is 2. The summed E-state index contributed by atoms with van der Waals surface area (Å²) in [6.45, 7) is 8.20. The molecule has 0 saturated heterocycles. The quantitative estimate of drug-likeness (QED) is 0.603. The Morgan fingerprint density at radius 1 is 1.06 bits per heavy atom. The van der Waals surface area contributed by atoms with Crippen LogP contribution in [0, 0.1) is 6.92 Å². The first-order valence-electron chi connectivity index (χ1n) is 10.3. The van der Waals surface area contributed by atoms with E-state index in [1.165, 1.54) is 0 Å². The van der Waals surface area contributed by atoms with Crippen molar-refractivity contribution in [1.82, 2.24) is 19.8 Å². The lowest BCUT2D eigenvalue weighted by Crippen LogP contribution is -2.49. The molecule has 0 aliphatic carbocycles. The number of rotatable bonds is 7. The zero-order valence-corrected chi connectivity index (χ0v) is 19.1. The zero-order chi connectivity index (χ0) is 22.4. The SMILES string of the molecule is Cc1ccccc1CCN(C(=O)c1csnn1)[C@H](C(=O)NC(C)(C)C)c1ccccc1. The third-order valence-corrected chi connectivity index (χ3v) is 5.40. The maximum atomic E-state index is 13.4. The number of aryl methyl sites for hydroxylation is 1. The second-order valence-corrected chi connectivity index (χ2v) is 9.13. The molecule has 6 nitrogen and oxygen atoms in total. The average molecular weight is 437 g/mol.